The first-order valence-corrected chi connectivity index (χ1v) is 8.66. The second-order valence-electron chi connectivity index (χ2n) is 6.38. The predicted molar refractivity (Wildman–Crippen MR) is 110 cm³/mol. The summed E-state index contributed by atoms with van der Waals surface area (Å²) in [5.74, 6) is 0. The molecule has 0 saturated heterocycles. The summed E-state index contributed by atoms with van der Waals surface area (Å²) in [7, 11) is 0. The van der Waals surface area contributed by atoms with E-state index in [1.165, 1.54) is 11.1 Å². The summed E-state index contributed by atoms with van der Waals surface area (Å²) in [6.07, 6.45) is 1.59. The van der Waals surface area contributed by atoms with E-state index in [-0.39, 0.29) is 5.57 Å². The van der Waals surface area contributed by atoms with Gasteiger partial charge in [-0.15, -0.1) is 0 Å². The quantitative estimate of drug-likeness (QED) is 0.527. The lowest BCUT2D eigenvalue weighted by atomic mass is 10.1. The number of nitrogens with zero attached hydrogens (tertiary/aromatic N) is 3. The fourth-order valence-electron chi connectivity index (χ4n) is 2.81. The van der Waals surface area contributed by atoms with Crippen molar-refractivity contribution in [3.8, 4) is 12.1 Å². The van der Waals surface area contributed by atoms with Crippen molar-refractivity contribution in [2.45, 2.75) is 13.8 Å². The van der Waals surface area contributed by atoms with Gasteiger partial charge in [0.2, 0.25) is 0 Å². The topological polar surface area (TPSA) is 50.8 Å². The largest absolute Gasteiger partial charge is 0.311 e. The standard InChI is InChI=1S/C24H19N3/c1-18-3-9-22(10-4-18)27(23-11-5-19(2)6-12-23)24-13-7-20(8-14-24)15-21(16-25)17-26/h3-15H,1-2H3. The van der Waals surface area contributed by atoms with E-state index in [9.17, 15) is 0 Å². The Kier molecular flexibility index (Phi) is 5.36. The number of hydrogen-bond donors (Lipinski definition) is 0. The van der Waals surface area contributed by atoms with Gasteiger partial charge in [-0.1, -0.05) is 47.5 Å². The van der Waals surface area contributed by atoms with Crippen LogP contribution in [-0.2, 0) is 0 Å². The van der Waals surface area contributed by atoms with E-state index in [1.54, 1.807) is 6.08 Å². The highest BCUT2D eigenvalue weighted by atomic mass is 15.1. The predicted octanol–water partition coefficient (Wildman–Crippen LogP) is 6.20. The minimum absolute atomic E-state index is 0.0941. The molecule has 27 heavy (non-hydrogen) atoms. The van der Waals surface area contributed by atoms with Crippen molar-refractivity contribution >= 4 is 23.1 Å². The molecular formula is C24H19N3. The summed E-state index contributed by atoms with van der Waals surface area (Å²) >= 11 is 0. The van der Waals surface area contributed by atoms with Crippen LogP contribution >= 0.6 is 0 Å². The zero-order valence-corrected chi connectivity index (χ0v) is 15.3. The van der Waals surface area contributed by atoms with Crippen LogP contribution < -0.4 is 4.90 Å². The molecule has 3 aromatic rings. The van der Waals surface area contributed by atoms with Gasteiger partial charge in [-0.25, -0.2) is 0 Å². The van der Waals surface area contributed by atoms with Gasteiger partial charge in [-0.3, -0.25) is 0 Å². The Labute approximate surface area is 160 Å². The second kappa shape index (κ2) is 8.04. The van der Waals surface area contributed by atoms with E-state index in [1.807, 2.05) is 36.4 Å². The molecular weight excluding hydrogens is 330 g/mol. The lowest BCUT2D eigenvalue weighted by Gasteiger charge is -2.25. The SMILES string of the molecule is Cc1ccc(N(c2ccc(C)cc2)c2ccc(C=C(C#N)C#N)cc2)cc1. The van der Waals surface area contributed by atoms with E-state index in [4.69, 9.17) is 10.5 Å². The van der Waals surface area contributed by atoms with Crippen molar-refractivity contribution in [1.29, 1.82) is 10.5 Å². The molecule has 0 atom stereocenters. The van der Waals surface area contributed by atoms with E-state index >= 15 is 0 Å². The molecule has 0 fully saturated rings. The molecule has 0 heterocycles. The molecule has 3 nitrogen and oxygen atoms in total. The monoisotopic (exact) mass is 349 g/mol. The normalized spacial score (nSPS) is 9.78. The van der Waals surface area contributed by atoms with Crippen LogP contribution in [-0.4, -0.2) is 0 Å². The summed E-state index contributed by atoms with van der Waals surface area (Å²) in [5, 5.41) is 17.8. The average molecular weight is 349 g/mol. The molecule has 0 unspecified atom stereocenters. The molecule has 0 saturated carbocycles. The highest BCUT2D eigenvalue weighted by Gasteiger charge is 2.12. The Morgan fingerprint density at radius 3 is 1.41 bits per heavy atom. The Balaban J connectivity index is 2.04. The number of allylic oxidation sites excluding steroid dienone is 1. The Hall–Kier alpha value is -3.82. The first-order valence-electron chi connectivity index (χ1n) is 8.66. The van der Waals surface area contributed by atoms with Crippen molar-refractivity contribution in [2.24, 2.45) is 0 Å². The molecule has 0 N–H and O–H groups in total. The van der Waals surface area contributed by atoms with Crippen LogP contribution in [0.25, 0.3) is 6.08 Å². The number of anilines is 3. The first-order chi connectivity index (χ1) is 13.1. The molecule has 3 aromatic carbocycles. The van der Waals surface area contributed by atoms with E-state index in [0.29, 0.717) is 0 Å². The number of aryl methyl sites for hydroxylation is 2. The Morgan fingerprint density at radius 1 is 0.667 bits per heavy atom. The summed E-state index contributed by atoms with van der Waals surface area (Å²) in [6.45, 7) is 4.15. The smallest absolute Gasteiger partial charge is 0.130 e. The summed E-state index contributed by atoms with van der Waals surface area (Å²) in [6, 6.07) is 28.4. The Bertz CT molecular complexity index is 968. The van der Waals surface area contributed by atoms with Gasteiger partial charge in [0.25, 0.3) is 0 Å². The van der Waals surface area contributed by atoms with E-state index in [0.717, 1.165) is 22.6 Å². The minimum Gasteiger partial charge on any atom is -0.311 e. The molecule has 3 rings (SSSR count). The zero-order valence-electron chi connectivity index (χ0n) is 15.3. The molecule has 0 aliphatic rings. The number of hydrogen-bond acceptors (Lipinski definition) is 3. The maximum absolute atomic E-state index is 8.92. The third-order valence-electron chi connectivity index (χ3n) is 4.29. The molecule has 0 amide bonds. The Morgan fingerprint density at radius 2 is 1.04 bits per heavy atom. The average Bonchev–Trinajstić information content (AvgIpc) is 2.70. The van der Waals surface area contributed by atoms with Crippen molar-refractivity contribution in [3.05, 3.63) is 95.1 Å². The summed E-state index contributed by atoms with van der Waals surface area (Å²) in [5.41, 5.74) is 6.49. The van der Waals surface area contributed by atoms with Crippen LogP contribution in [0.15, 0.2) is 78.4 Å². The van der Waals surface area contributed by atoms with Crippen LogP contribution in [0, 0.1) is 36.5 Å². The fourth-order valence-corrected chi connectivity index (χ4v) is 2.81. The summed E-state index contributed by atoms with van der Waals surface area (Å²) < 4.78 is 0. The van der Waals surface area contributed by atoms with Gasteiger partial charge in [0.15, 0.2) is 0 Å². The summed E-state index contributed by atoms with van der Waals surface area (Å²) in [4.78, 5) is 2.18. The van der Waals surface area contributed by atoms with Crippen molar-refractivity contribution < 1.29 is 0 Å². The highest BCUT2D eigenvalue weighted by molar-refractivity contribution is 5.77. The minimum atomic E-state index is 0.0941. The van der Waals surface area contributed by atoms with Gasteiger partial charge in [0.05, 0.1) is 0 Å². The van der Waals surface area contributed by atoms with E-state index in [2.05, 4.69) is 67.3 Å². The van der Waals surface area contributed by atoms with Gasteiger partial charge in [0.1, 0.15) is 17.7 Å². The molecule has 0 aliphatic carbocycles. The van der Waals surface area contributed by atoms with Gasteiger partial charge < -0.3 is 4.90 Å². The number of nitriles is 2. The van der Waals surface area contributed by atoms with Crippen LogP contribution in [0.2, 0.25) is 0 Å². The van der Waals surface area contributed by atoms with Crippen molar-refractivity contribution in [3.63, 3.8) is 0 Å². The maximum Gasteiger partial charge on any atom is 0.130 e. The lowest BCUT2D eigenvalue weighted by Crippen LogP contribution is -2.09. The lowest BCUT2D eigenvalue weighted by molar-refractivity contribution is 1.27. The van der Waals surface area contributed by atoms with Gasteiger partial charge >= 0.3 is 0 Å². The van der Waals surface area contributed by atoms with Crippen LogP contribution in [0.1, 0.15) is 16.7 Å². The van der Waals surface area contributed by atoms with Crippen molar-refractivity contribution in [2.75, 3.05) is 4.90 Å². The van der Waals surface area contributed by atoms with E-state index < -0.39 is 0 Å². The number of benzene rings is 3. The second-order valence-corrected chi connectivity index (χ2v) is 6.38. The van der Waals surface area contributed by atoms with Crippen LogP contribution in [0.5, 0.6) is 0 Å². The molecule has 3 heteroatoms. The molecule has 0 aliphatic heterocycles. The molecule has 0 bridgehead atoms. The fraction of sp³-hybridized carbons (Fsp3) is 0.0833. The third-order valence-corrected chi connectivity index (χ3v) is 4.29. The number of rotatable bonds is 4. The van der Waals surface area contributed by atoms with Gasteiger partial charge in [-0.05, 0) is 61.9 Å². The highest BCUT2D eigenvalue weighted by Crippen LogP contribution is 2.34. The zero-order chi connectivity index (χ0) is 19.2. The van der Waals surface area contributed by atoms with Crippen LogP contribution in [0.4, 0.5) is 17.1 Å². The first kappa shape index (κ1) is 18.0. The van der Waals surface area contributed by atoms with Crippen LogP contribution in [0.3, 0.4) is 0 Å². The van der Waals surface area contributed by atoms with Crippen molar-refractivity contribution in [1.82, 2.24) is 0 Å². The third kappa shape index (κ3) is 4.24. The van der Waals surface area contributed by atoms with Gasteiger partial charge in [0, 0.05) is 17.1 Å². The molecule has 130 valence electrons. The maximum atomic E-state index is 8.92. The molecule has 0 spiro atoms. The van der Waals surface area contributed by atoms with Gasteiger partial charge in [-0.2, -0.15) is 10.5 Å². The molecule has 0 radical (unpaired) electrons. The molecule has 0 aromatic heterocycles.